The number of unbranched alkanes of at least 4 members (excludes halogenated alkanes) is 1. The number of benzene rings is 1. The van der Waals surface area contributed by atoms with E-state index in [2.05, 4.69) is 11.8 Å². The average Bonchev–Trinajstić information content (AvgIpc) is 2.89. The van der Waals surface area contributed by atoms with Crippen molar-refractivity contribution < 1.29 is 9.21 Å². The van der Waals surface area contributed by atoms with E-state index < -0.39 is 0 Å². The molecule has 0 N–H and O–H groups in total. The molecule has 3 heteroatoms. The molecule has 0 aliphatic carbocycles. The lowest BCUT2D eigenvalue weighted by Gasteiger charge is -2.21. The van der Waals surface area contributed by atoms with E-state index in [1.54, 1.807) is 6.07 Å². The number of carbonyl (C=O) groups is 1. The lowest BCUT2D eigenvalue weighted by molar-refractivity contribution is 0.110. The first kappa shape index (κ1) is 12.4. The van der Waals surface area contributed by atoms with Gasteiger partial charge >= 0.3 is 0 Å². The molecule has 2 aromatic rings. The Hall–Kier alpha value is -2.03. The molecular formula is C15H17NO2. The van der Waals surface area contributed by atoms with Gasteiger partial charge in [-0.05, 0) is 24.6 Å². The van der Waals surface area contributed by atoms with Crippen LogP contribution in [0.2, 0.25) is 0 Å². The zero-order valence-corrected chi connectivity index (χ0v) is 10.5. The van der Waals surface area contributed by atoms with Crippen molar-refractivity contribution in [1.29, 1.82) is 0 Å². The fourth-order valence-corrected chi connectivity index (χ4v) is 1.84. The highest BCUT2D eigenvalue weighted by atomic mass is 16.4. The molecule has 0 saturated carbocycles. The van der Waals surface area contributed by atoms with Crippen molar-refractivity contribution in [2.24, 2.45) is 0 Å². The number of para-hydroxylation sites is 1. The predicted molar refractivity (Wildman–Crippen MR) is 72.5 cm³/mol. The lowest BCUT2D eigenvalue weighted by atomic mass is 10.2. The monoisotopic (exact) mass is 243 g/mol. The quantitative estimate of drug-likeness (QED) is 0.718. The number of carbonyl (C=O) groups excluding carboxylic acids is 1. The highest BCUT2D eigenvalue weighted by Gasteiger charge is 2.12. The molecule has 0 unspecified atom stereocenters. The van der Waals surface area contributed by atoms with Gasteiger partial charge < -0.3 is 9.32 Å². The third-order valence-corrected chi connectivity index (χ3v) is 2.80. The second kappa shape index (κ2) is 6.05. The summed E-state index contributed by atoms with van der Waals surface area (Å²) in [6.07, 6.45) is 2.92. The van der Waals surface area contributed by atoms with Crippen LogP contribution in [-0.4, -0.2) is 12.8 Å². The zero-order valence-electron chi connectivity index (χ0n) is 10.5. The third-order valence-electron chi connectivity index (χ3n) is 2.80. The van der Waals surface area contributed by atoms with Gasteiger partial charge in [-0.15, -0.1) is 0 Å². The molecule has 0 fully saturated rings. The summed E-state index contributed by atoms with van der Waals surface area (Å²) < 4.78 is 5.50. The standard InChI is InChI=1S/C15H17NO2/c1-2-3-11-16(13-7-5-4-6-8-13)15-10-9-14(12-17)18-15/h4-10,12H,2-3,11H2,1H3. The second-order valence-corrected chi connectivity index (χ2v) is 4.13. The van der Waals surface area contributed by atoms with E-state index in [1.807, 2.05) is 36.4 Å². The van der Waals surface area contributed by atoms with Crippen LogP contribution in [0.5, 0.6) is 0 Å². The van der Waals surface area contributed by atoms with Gasteiger partial charge in [-0.25, -0.2) is 0 Å². The topological polar surface area (TPSA) is 33.5 Å². The van der Waals surface area contributed by atoms with E-state index >= 15 is 0 Å². The maximum Gasteiger partial charge on any atom is 0.200 e. The van der Waals surface area contributed by atoms with Crippen molar-refractivity contribution in [3.63, 3.8) is 0 Å². The highest BCUT2D eigenvalue weighted by molar-refractivity contribution is 5.72. The normalized spacial score (nSPS) is 10.3. The zero-order chi connectivity index (χ0) is 12.8. The first-order valence-electron chi connectivity index (χ1n) is 6.22. The Labute approximate surface area is 107 Å². The van der Waals surface area contributed by atoms with Crippen LogP contribution in [0.4, 0.5) is 11.6 Å². The Kier molecular flexibility index (Phi) is 4.18. The van der Waals surface area contributed by atoms with Gasteiger partial charge in [0.25, 0.3) is 0 Å². The minimum atomic E-state index is 0.363. The Morgan fingerprint density at radius 2 is 1.94 bits per heavy atom. The molecule has 94 valence electrons. The summed E-state index contributed by atoms with van der Waals surface area (Å²) in [5.74, 6) is 1.08. The van der Waals surface area contributed by atoms with Crippen LogP contribution in [0.15, 0.2) is 46.9 Å². The van der Waals surface area contributed by atoms with Gasteiger partial charge in [0.15, 0.2) is 12.0 Å². The number of nitrogens with zero attached hydrogens (tertiary/aromatic N) is 1. The second-order valence-electron chi connectivity index (χ2n) is 4.13. The third kappa shape index (κ3) is 2.80. The van der Waals surface area contributed by atoms with Crippen LogP contribution in [0.1, 0.15) is 30.3 Å². The molecule has 0 aliphatic heterocycles. The van der Waals surface area contributed by atoms with Gasteiger partial charge in [0, 0.05) is 18.3 Å². The van der Waals surface area contributed by atoms with Crippen molar-refractivity contribution in [3.8, 4) is 0 Å². The van der Waals surface area contributed by atoms with Crippen molar-refractivity contribution in [1.82, 2.24) is 0 Å². The van der Waals surface area contributed by atoms with Crippen molar-refractivity contribution >= 4 is 17.9 Å². The fourth-order valence-electron chi connectivity index (χ4n) is 1.84. The molecule has 2 rings (SSSR count). The molecule has 0 bridgehead atoms. The Morgan fingerprint density at radius 3 is 2.56 bits per heavy atom. The van der Waals surface area contributed by atoms with Gasteiger partial charge in [-0.3, -0.25) is 4.79 Å². The van der Waals surface area contributed by atoms with Crippen LogP contribution in [0, 0.1) is 0 Å². The van der Waals surface area contributed by atoms with E-state index in [0.717, 1.165) is 37.2 Å². The Morgan fingerprint density at radius 1 is 1.17 bits per heavy atom. The molecule has 3 nitrogen and oxygen atoms in total. The molecule has 0 amide bonds. The summed E-state index contributed by atoms with van der Waals surface area (Å²) in [7, 11) is 0. The minimum absolute atomic E-state index is 0.363. The van der Waals surface area contributed by atoms with Crippen LogP contribution < -0.4 is 4.90 Å². The van der Waals surface area contributed by atoms with Gasteiger partial charge in [0.05, 0.1) is 0 Å². The van der Waals surface area contributed by atoms with Gasteiger partial charge in [0.2, 0.25) is 5.88 Å². The van der Waals surface area contributed by atoms with E-state index in [-0.39, 0.29) is 0 Å². The number of rotatable bonds is 6. The maximum absolute atomic E-state index is 10.7. The number of anilines is 2. The summed E-state index contributed by atoms with van der Waals surface area (Å²) >= 11 is 0. The summed E-state index contributed by atoms with van der Waals surface area (Å²) in [4.78, 5) is 12.8. The lowest BCUT2D eigenvalue weighted by Crippen LogP contribution is -2.17. The molecule has 0 atom stereocenters. The molecule has 1 aromatic heterocycles. The molecule has 0 spiro atoms. The fraction of sp³-hybridized carbons (Fsp3) is 0.267. The van der Waals surface area contributed by atoms with Crippen LogP contribution >= 0.6 is 0 Å². The van der Waals surface area contributed by atoms with E-state index in [1.165, 1.54) is 0 Å². The summed E-state index contributed by atoms with van der Waals surface area (Å²) in [5.41, 5.74) is 1.08. The Bertz CT molecular complexity index is 490. The number of hydrogen-bond donors (Lipinski definition) is 0. The molecule has 0 saturated heterocycles. The number of hydrogen-bond acceptors (Lipinski definition) is 3. The van der Waals surface area contributed by atoms with Crippen LogP contribution in [-0.2, 0) is 0 Å². The molecular weight excluding hydrogens is 226 g/mol. The van der Waals surface area contributed by atoms with Crippen molar-refractivity contribution in [2.45, 2.75) is 19.8 Å². The number of furan rings is 1. The van der Waals surface area contributed by atoms with E-state index in [0.29, 0.717) is 5.76 Å². The summed E-state index contributed by atoms with van der Waals surface area (Å²) in [6.45, 7) is 3.04. The predicted octanol–water partition coefficient (Wildman–Crippen LogP) is 4.03. The van der Waals surface area contributed by atoms with Crippen LogP contribution in [0.3, 0.4) is 0 Å². The molecule has 1 heterocycles. The van der Waals surface area contributed by atoms with E-state index in [4.69, 9.17) is 4.42 Å². The van der Waals surface area contributed by atoms with Crippen molar-refractivity contribution in [3.05, 3.63) is 48.2 Å². The molecule has 1 aromatic carbocycles. The van der Waals surface area contributed by atoms with Gasteiger partial charge in [0.1, 0.15) is 0 Å². The summed E-state index contributed by atoms with van der Waals surface area (Å²) in [5, 5.41) is 0. The summed E-state index contributed by atoms with van der Waals surface area (Å²) in [6, 6.07) is 13.6. The first-order valence-corrected chi connectivity index (χ1v) is 6.22. The minimum Gasteiger partial charge on any atom is -0.437 e. The van der Waals surface area contributed by atoms with Gasteiger partial charge in [-0.1, -0.05) is 31.5 Å². The van der Waals surface area contributed by atoms with Crippen LogP contribution in [0.25, 0.3) is 0 Å². The largest absolute Gasteiger partial charge is 0.437 e. The molecule has 18 heavy (non-hydrogen) atoms. The van der Waals surface area contributed by atoms with E-state index in [9.17, 15) is 4.79 Å². The van der Waals surface area contributed by atoms with Gasteiger partial charge in [-0.2, -0.15) is 0 Å². The smallest absolute Gasteiger partial charge is 0.200 e. The Balaban J connectivity index is 2.27. The maximum atomic E-state index is 10.7. The first-order chi connectivity index (χ1) is 8.85. The van der Waals surface area contributed by atoms with Crippen molar-refractivity contribution in [2.75, 3.05) is 11.4 Å². The highest BCUT2D eigenvalue weighted by Crippen LogP contribution is 2.27. The molecule has 0 aliphatic rings. The SMILES string of the molecule is CCCCN(c1ccccc1)c1ccc(C=O)o1. The number of aldehydes is 1. The average molecular weight is 243 g/mol. The molecule has 0 radical (unpaired) electrons.